The highest BCUT2D eigenvalue weighted by Crippen LogP contribution is 2.27. The molecule has 20 heavy (non-hydrogen) atoms. The molecule has 0 radical (unpaired) electrons. The quantitative estimate of drug-likeness (QED) is 0.843. The molecule has 110 valence electrons. The van der Waals surface area contributed by atoms with Crippen LogP contribution < -0.4 is 0 Å². The monoisotopic (exact) mass is 276 g/mol. The van der Waals surface area contributed by atoms with Crippen molar-refractivity contribution in [3.63, 3.8) is 0 Å². The van der Waals surface area contributed by atoms with Crippen LogP contribution in [0.3, 0.4) is 0 Å². The van der Waals surface area contributed by atoms with Crippen molar-refractivity contribution in [3.8, 4) is 0 Å². The van der Waals surface area contributed by atoms with Crippen LogP contribution in [0, 0.1) is 0 Å². The van der Waals surface area contributed by atoms with Gasteiger partial charge in [0.15, 0.2) is 0 Å². The van der Waals surface area contributed by atoms with Crippen molar-refractivity contribution in [1.29, 1.82) is 0 Å². The van der Waals surface area contributed by atoms with Crippen molar-refractivity contribution in [3.05, 3.63) is 30.1 Å². The summed E-state index contributed by atoms with van der Waals surface area (Å²) >= 11 is 0. The molecule has 0 aromatic carbocycles. The molecule has 0 spiro atoms. The fraction of sp³-hybridized carbons (Fsp3) is 0.688. The maximum Gasteiger partial charge on any atom is 0.0821 e. The number of ether oxygens (including phenoxy) is 2. The fourth-order valence-electron chi connectivity index (χ4n) is 3.16. The number of nitrogens with zero attached hydrogens (tertiary/aromatic N) is 2. The van der Waals surface area contributed by atoms with Gasteiger partial charge in [-0.2, -0.15) is 0 Å². The standard InChI is InChI=1S/C16H24N2O2/c1-6-17-7-2-14(1)15-3-8-18(9-4-15)10-5-16-13-19-11-12-20-16/h1-2,6-7,15-16H,3-5,8-13H2. The van der Waals surface area contributed by atoms with E-state index < -0.39 is 0 Å². The van der Waals surface area contributed by atoms with Gasteiger partial charge in [-0.25, -0.2) is 0 Å². The van der Waals surface area contributed by atoms with Crippen LogP contribution in [0.15, 0.2) is 24.5 Å². The smallest absolute Gasteiger partial charge is 0.0821 e. The molecular formula is C16H24N2O2. The molecule has 0 aliphatic carbocycles. The second-order valence-corrected chi connectivity index (χ2v) is 5.75. The van der Waals surface area contributed by atoms with E-state index in [1.54, 1.807) is 0 Å². The predicted octanol–water partition coefficient (Wildman–Crippen LogP) is 2.07. The highest BCUT2D eigenvalue weighted by Gasteiger charge is 2.22. The average Bonchev–Trinajstić information content (AvgIpc) is 2.55. The first-order valence-corrected chi connectivity index (χ1v) is 7.73. The van der Waals surface area contributed by atoms with E-state index in [2.05, 4.69) is 22.0 Å². The normalized spacial score (nSPS) is 25.7. The van der Waals surface area contributed by atoms with Crippen LogP contribution in [-0.2, 0) is 9.47 Å². The van der Waals surface area contributed by atoms with E-state index in [9.17, 15) is 0 Å². The van der Waals surface area contributed by atoms with Crippen molar-refractivity contribution in [1.82, 2.24) is 9.88 Å². The third-order valence-corrected chi connectivity index (χ3v) is 4.42. The summed E-state index contributed by atoms with van der Waals surface area (Å²) in [5.74, 6) is 0.712. The number of piperidine rings is 1. The molecule has 0 N–H and O–H groups in total. The third-order valence-electron chi connectivity index (χ3n) is 4.42. The van der Waals surface area contributed by atoms with Gasteiger partial charge in [-0.05, 0) is 56.0 Å². The molecule has 1 unspecified atom stereocenters. The van der Waals surface area contributed by atoms with Gasteiger partial charge >= 0.3 is 0 Å². The number of hydrogen-bond acceptors (Lipinski definition) is 4. The zero-order chi connectivity index (χ0) is 13.6. The van der Waals surface area contributed by atoms with Gasteiger partial charge in [0, 0.05) is 18.9 Å². The molecule has 2 aliphatic rings. The number of likely N-dealkylation sites (tertiary alicyclic amines) is 1. The van der Waals surface area contributed by atoms with Crippen molar-refractivity contribution in [2.75, 3.05) is 39.5 Å². The zero-order valence-corrected chi connectivity index (χ0v) is 12.0. The lowest BCUT2D eigenvalue weighted by atomic mass is 9.90. The van der Waals surface area contributed by atoms with Gasteiger partial charge in [-0.15, -0.1) is 0 Å². The molecule has 0 saturated carbocycles. The first-order chi connectivity index (χ1) is 9.92. The number of rotatable bonds is 4. The van der Waals surface area contributed by atoms with Crippen molar-refractivity contribution >= 4 is 0 Å². The Labute approximate surface area is 121 Å². The van der Waals surface area contributed by atoms with E-state index in [0.29, 0.717) is 12.0 Å². The Morgan fingerprint density at radius 2 is 1.95 bits per heavy atom. The minimum absolute atomic E-state index is 0.307. The number of aromatic nitrogens is 1. The first-order valence-electron chi connectivity index (χ1n) is 7.73. The minimum atomic E-state index is 0.307. The summed E-state index contributed by atoms with van der Waals surface area (Å²) in [5, 5.41) is 0. The van der Waals surface area contributed by atoms with Gasteiger partial charge in [-0.3, -0.25) is 4.98 Å². The SMILES string of the molecule is c1cc(C2CCN(CCC3COCCO3)CC2)ccn1. The van der Waals surface area contributed by atoms with Crippen LogP contribution in [0.1, 0.15) is 30.7 Å². The average molecular weight is 276 g/mol. The molecule has 3 rings (SSSR count). The third kappa shape index (κ3) is 3.78. The van der Waals surface area contributed by atoms with E-state index >= 15 is 0 Å². The van der Waals surface area contributed by atoms with Crippen LogP contribution in [-0.4, -0.2) is 55.4 Å². The van der Waals surface area contributed by atoms with Gasteiger partial charge in [0.25, 0.3) is 0 Å². The zero-order valence-electron chi connectivity index (χ0n) is 12.0. The summed E-state index contributed by atoms with van der Waals surface area (Å²) in [7, 11) is 0. The van der Waals surface area contributed by atoms with Crippen LogP contribution in [0.2, 0.25) is 0 Å². The van der Waals surface area contributed by atoms with Crippen LogP contribution >= 0.6 is 0 Å². The molecule has 2 fully saturated rings. The summed E-state index contributed by atoms with van der Waals surface area (Å²) in [4.78, 5) is 6.67. The highest BCUT2D eigenvalue weighted by molar-refractivity contribution is 5.16. The van der Waals surface area contributed by atoms with Gasteiger partial charge < -0.3 is 14.4 Å². The Kier molecular flexibility index (Phi) is 5.01. The highest BCUT2D eigenvalue weighted by atomic mass is 16.6. The first kappa shape index (κ1) is 14.0. The molecule has 2 saturated heterocycles. The molecule has 0 bridgehead atoms. The molecule has 0 amide bonds. The molecule has 2 aliphatic heterocycles. The van der Waals surface area contributed by atoms with E-state index in [1.807, 2.05) is 12.4 Å². The molecular weight excluding hydrogens is 252 g/mol. The Balaban J connectivity index is 1.40. The largest absolute Gasteiger partial charge is 0.376 e. The second-order valence-electron chi connectivity index (χ2n) is 5.75. The van der Waals surface area contributed by atoms with E-state index in [0.717, 1.165) is 32.8 Å². The predicted molar refractivity (Wildman–Crippen MR) is 77.8 cm³/mol. The second kappa shape index (κ2) is 7.16. The number of hydrogen-bond donors (Lipinski definition) is 0. The summed E-state index contributed by atoms with van der Waals surface area (Å²) in [6, 6.07) is 4.32. The van der Waals surface area contributed by atoms with Gasteiger partial charge in [-0.1, -0.05) is 0 Å². The Morgan fingerprint density at radius 3 is 2.65 bits per heavy atom. The summed E-state index contributed by atoms with van der Waals surface area (Å²) < 4.78 is 11.1. The van der Waals surface area contributed by atoms with Crippen LogP contribution in [0.5, 0.6) is 0 Å². The lowest BCUT2D eigenvalue weighted by Gasteiger charge is -2.33. The summed E-state index contributed by atoms with van der Waals surface area (Å²) in [6.07, 6.45) is 7.73. The molecule has 3 heterocycles. The maximum absolute atomic E-state index is 5.70. The Hall–Kier alpha value is -0.970. The topological polar surface area (TPSA) is 34.6 Å². The molecule has 1 aromatic rings. The summed E-state index contributed by atoms with van der Waals surface area (Å²) in [6.45, 7) is 5.81. The van der Waals surface area contributed by atoms with Crippen LogP contribution in [0.4, 0.5) is 0 Å². The van der Waals surface area contributed by atoms with Crippen LogP contribution in [0.25, 0.3) is 0 Å². The van der Waals surface area contributed by atoms with E-state index in [-0.39, 0.29) is 0 Å². The van der Waals surface area contributed by atoms with E-state index in [1.165, 1.54) is 31.5 Å². The van der Waals surface area contributed by atoms with E-state index in [4.69, 9.17) is 9.47 Å². The van der Waals surface area contributed by atoms with Crippen molar-refractivity contribution in [2.24, 2.45) is 0 Å². The Bertz CT molecular complexity index is 385. The lowest BCUT2D eigenvalue weighted by molar-refractivity contribution is -0.0930. The Morgan fingerprint density at radius 1 is 1.15 bits per heavy atom. The fourth-order valence-corrected chi connectivity index (χ4v) is 3.16. The molecule has 4 heteroatoms. The molecule has 1 atom stereocenters. The number of pyridine rings is 1. The van der Waals surface area contributed by atoms with Gasteiger partial charge in [0.2, 0.25) is 0 Å². The van der Waals surface area contributed by atoms with Gasteiger partial charge in [0.05, 0.1) is 25.9 Å². The lowest BCUT2D eigenvalue weighted by Crippen LogP contribution is -2.37. The van der Waals surface area contributed by atoms with Crippen molar-refractivity contribution < 1.29 is 9.47 Å². The molecule has 1 aromatic heterocycles. The summed E-state index contributed by atoms with van der Waals surface area (Å²) in [5.41, 5.74) is 1.45. The molecule has 4 nitrogen and oxygen atoms in total. The van der Waals surface area contributed by atoms with Crippen molar-refractivity contribution in [2.45, 2.75) is 31.3 Å². The maximum atomic E-state index is 5.70. The van der Waals surface area contributed by atoms with Gasteiger partial charge in [0.1, 0.15) is 0 Å². The minimum Gasteiger partial charge on any atom is -0.376 e.